The summed E-state index contributed by atoms with van der Waals surface area (Å²) in [6.07, 6.45) is 4.44. The van der Waals surface area contributed by atoms with E-state index in [0.717, 1.165) is 5.56 Å². The molecule has 0 bridgehead atoms. The van der Waals surface area contributed by atoms with Gasteiger partial charge in [-0.05, 0) is 59.7 Å². The Morgan fingerprint density at radius 3 is 2.29 bits per heavy atom. The number of ether oxygens (including phenoxy) is 4. The number of esters is 1. The molecule has 34 heavy (non-hydrogen) atoms. The summed E-state index contributed by atoms with van der Waals surface area (Å²) >= 11 is 0. The van der Waals surface area contributed by atoms with Gasteiger partial charge in [0, 0.05) is 6.08 Å². The number of hydrogen-bond donors (Lipinski definition) is 1. The van der Waals surface area contributed by atoms with Gasteiger partial charge >= 0.3 is 5.97 Å². The standard InChI is InChI=1S/C26H24N2O6/c1-31-21-10-12-22(13-11-21)33-18-25(29)28-27-17-20-8-14-23(24(16-20)32-2)34-26(30)15-9-19-6-4-3-5-7-19/h3-17H,18H2,1-2H3,(H,28,29). The Labute approximate surface area is 197 Å². The molecule has 1 amide bonds. The molecule has 0 atom stereocenters. The molecule has 0 saturated carbocycles. The number of carbonyl (C=O) groups excluding carboxylic acids is 2. The molecular weight excluding hydrogens is 436 g/mol. The van der Waals surface area contributed by atoms with Crippen molar-refractivity contribution >= 4 is 24.2 Å². The first-order valence-electron chi connectivity index (χ1n) is 10.3. The van der Waals surface area contributed by atoms with E-state index in [-0.39, 0.29) is 12.4 Å². The van der Waals surface area contributed by atoms with Crippen LogP contribution in [0.5, 0.6) is 23.0 Å². The fourth-order valence-corrected chi connectivity index (χ4v) is 2.75. The third kappa shape index (κ3) is 7.52. The second kappa shape index (κ2) is 12.4. The highest BCUT2D eigenvalue weighted by Gasteiger charge is 2.09. The van der Waals surface area contributed by atoms with E-state index in [9.17, 15) is 9.59 Å². The monoisotopic (exact) mass is 460 g/mol. The molecule has 0 radical (unpaired) electrons. The maximum absolute atomic E-state index is 12.1. The van der Waals surface area contributed by atoms with Crippen molar-refractivity contribution < 1.29 is 28.5 Å². The molecule has 0 fully saturated rings. The Morgan fingerprint density at radius 1 is 0.853 bits per heavy atom. The molecule has 0 spiro atoms. The van der Waals surface area contributed by atoms with Crippen LogP contribution in [0.2, 0.25) is 0 Å². The van der Waals surface area contributed by atoms with Crippen LogP contribution in [0.1, 0.15) is 11.1 Å². The number of hydrogen-bond acceptors (Lipinski definition) is 7. The topological polar surface area (TPSA) is 95.5 Å². The summed E-state index contributed by atoms with van der Waals surface area (Å²) in [5, 5.41) is 3.91. The molecular formula is C26H24N2O6. The Bertz CT molecular complexity index is 1160. The predicted octanol–water partition coefficient (Wildman–Crippen LogP) is 3.85. The lowest BCUT2D eigenvalue weighted by molar-refractivity contribution is -0.129. The van der Waals surface area contributed by atoms with E-state index in [2.05, 4.69) is 10.5 Å². The number of benzene rings is 3. The molecule has 3 aromatic carbocycles. The van der Waals surface area contributed by atoms with Crippen molar-refractivity contribution in [2.24, 2.45) is 5.10 Å². The van der Waals surface area contributed by atoms with Gasteiger partial charge in [-0.1, -0.05) is 30.3 Å². The van der Waals surface area contributed by atoms with Crippen LogP contribution in [0.4, 0.5) is 0 Å². The van der Waals surface area contributed by atoms with E-state index in [0.29, 0.717) is 22.8 Å². The molecule has 174 valence electrons. The SMILES string of the molecule is COc1ccc(OCC(=O)NN=Cc2ccc(OC(=O)C=Cc3ccccc3)c(OC)c2)cc1. The van der Waals surface area contributed by atoms with E-state index in [1.165, 1.54) is 19.4 Å². The van der Waals surface area contributed by atoms with Crippen LogP contribution in [0, 0.1) is 0 Å². The van der Waals surface area contributed by atoms with Gasteiger partial charge < -0.3 is 18.9 Å². The summed E-state index contributed by atoms with van der Waals surface area (Å²) < 4.78 is 21.1. The van der Waals surface area contributed by atoms with Crippen molar-refractivity contribution in [1.29, 1.82) is 0 Å². The van der Waals surface area contributed by atoms with Crippen LogP contribution in [-0.4, -0.2) is 38.9 Å². The minimum absolute atomic E-state index is 0.196. The van der Waals surface area contributed by atoms with Gasteiger partial charge in [0.25, 0.3) is 5.91 Å². The molecule has 8 nitrogen and oxygen atoms in total. The van der Waals surface area contributed by atoms with E-state index in [1.54, 1.807) is 55.7 Å². The maximum atomic E-state index is 12.1. The van der Waals surface area contributed by atoms with Crippen molar-refractivity contribution in [3.63, 3.8) is 0 Å². The van der Waals surface area contributed by atoms with Crippen molar-refractivity contribution in [3.05, 3.63) is 90.0 Å². The zero-order chi connectivity index (χ0) is 24.2. The fraction of sp³-hybridized carbons (Fsp3) is 0.115. The summed E-state index contributed by atoms with van der Waals surface area (Å²) in [6.45, 7) is -0.196. The van der Waals surface area contributed by atoms with Gasteiger partial charge in [-0.2, -0.15) is 5.10 Å². The van der Waals surface area contributed by atoms with Crippen molar-refractivity contribution in [1.82, 2.24) is 5.43 Å². The zero-order valence-electron chi connectivity index (χ0n) is 18.8. The number of hydrazone groups is 1. The fourth-order valence-electron chi connectivity index (χ4n) is 2.75. The first kappa shape index (κ1) is 24.1. The molecule has 8 heteroatoms. The minimum atomic E-state index is -0.535. The smallest absolute Gasteiger partial charge is 0.336 e. The lowest BCUT2D eigenvalue weighted by atomic mass is 10.2. The van der Waals surface area contributed by atoms with Gasteiger partial charge in [0.2, 0.25) is 0 Å². The van der Waals surface area contributed by atoms with Gasteiger partial charge in [0.15, 0.2) is 18.1 Å². The Hall–Kier alpha value is -4.59. The van der Waals surface area contributed by atoms with E-state index in [4.69, 9.17) is 18.9 Å². The minimum Gasteiger partial charge on any atom is -0.497 e. The van der Waals surface area contributed by atoms with Gasteiger partial charge in [0.1, 0.15) is 11.5 Å². The van der Waals surface area contributed by atoms with E-state index >= 15 is 0 Å². The zero-order valence-corrected chi connectivity index (χ0v) is 18.8. The summed E-state index contributed by atoms with van der Waals surface area (Å²) in [4.78, 5) is 24.1. The van der Waals surface area contributed by atoms with Crippen LogP contribution < -0.4 is 24.4 Å². The van der Waals surface area contributed by atoms with Gasteiger partial charge in [0.05, 0.1) is 20.4 Å². The first-order valence-corrected chi connectivity index (χ1v) is 10.3. The molecule has 0 heterocycles. The average Bonchev–Trinajstić information content (AvgIpc) is 2.88. The first-order chi connectivity index (χ1) is 16.6. The second-order valence-electron chi connectivity index (χ2n) is 6.83. The number of nitrogens with zero attached hydrogens (tertiary/aromatic N) is 1. The summed E-state index contributed by atoms with van der Waals surface area (Å²) in [5.41, 5.74) is 3.90. The van der Waals surface area contributed by atoms with Crippen LogP contribution in [0.3, 0.4) is 0 Å². The largest absolute Gasteiger partial charge is 0.497 e. The summed E-state index contributed by atoms with van der Waals surface area (Å²) in [5.74, 6) is 0.885. The van der Waals surface area contributed by atoms with Crippen LogP contribution in [0.25, 0.3) is 6.08 Å². The van der Waals surface area contributed by atoms with E-state index in [1.807, 2.05) is 30.3 Å². The molecule has 0 unspecified atom stereocenters. The third-order valence-corrected chi connectivity index (χ3v) is 4.44. The van der Waals surface area contributed by atoms with Crippen LogP contribution >= 0.6 is 0 Å². The predicted molar refractivity (Wildman–Crippen MR) is 128 cm³/mol. The third-order valence-electron chi connectivity index (χ3n) is 4.44. The van der Waals surface area contributed by atoms with Crippen molar-refractivity contribution in [2.75, 3.05) is 20.8 Å². The number of nitrogens with one attached hydrogen (secondary N) is 1. The lowest BCUT2D eigenvalue weighted by Crippen LogP contribution is -2.24. The summed E-state index contributed by atoms with van der Waals surface area (Å²) in [7, 11) is 3.03. The quantitative estimate of drug-likeness (QED) is 0.162. The van der Waals surface area contributed by atoms with Crippen molar-refractivity contribution in [2.45, 2.75) is 0 Å². The Kier molecular flexibility index (Phi) is 8.81. The van der Waals surface area contributed by atoms with Gasteiger partial charge in [-0.15, -0.1) is 0 Å². The van der Waals surface area contributed by atoms with Crippen molar-refractivity contribution in [3.8, 4) is 23.0 Å². The molecule has 3 rings (SSSR count). The van der Waals surface area contributed by atoms with Gasteiger partial charge in [-0.25, -0.2) is 10.2 Å². The van der Waals surface area contributed by atoms with Gasteiger partial charge in [-0.3, -0.25) is 4.79 Å². The molecule has 0 aliphatic carbocycles. The number of carbonyl (C=O) groups is 2. The Balaban J connectivity index is 1.51. The number of rotatable bonds is 10. The highest BCUT2D eigenvalue weighted by molar-refractivity contribution is 5.89. The average molecular weight is 460 g/mol. The molecule has 0 aliphatic heterocycles. The Morgan fingerprint density at radius 2 is 1.59 bits per heavy atom. The molecule has 0 aliphatic rings. The van der Waals surface area contributed by atoms with Crippen LogP contribution in [0.15, 0.2) is 84.0 Å². The molecule has 0 saturated heterocycles. The molecule has 1 N–H and O–H groups in total. The highest BCUT2D eigenvalue weighted by atomic mass is 16.6. The lowest BCUT2D eigenvalue weighted by Gasteiger charge is -2.08. The molecule has 3 aromatic rings. The summed E-state index contributed by atoms with van der Waals surface area (Å²) in [6, 6.07) is 21.2. The maximum Gasteiger partial charge on any atom is 0.336 e. The van der Waals surface area contributed by atoms with E-state index < -0.39 is 11.9 Å². The molecule has 0 aromatic heterocycles. The van der Waals surface area contributed by atoms with Crippen LogP contribution in [-0.2, 0) is 9.59 Å². The number of methoxy groups -OCH3 is 2. The second-order valence-corrected chi connectivity index (χ2v) is 6.83. The highest BCUT2D eigenvalue weighted by Crippen LogP contribution is 2.28. The normalized spacial score (nSPS) is 10.8. The number of amides is 1.